The molecule has 16 heavy (non-hydrogen) atoms. The van der Waals surface area contributed by atoms with Crippen molar-refractivity contribution >= 4 is 5.69 Å². The van der Waals surface area contributed by atoms with Crippen molar-refractivity contribution < 1.29 is 9.84 Å². The number of nitrogens with zero attached hydrogens (tertiary/aromatic N) is 1. The average molecular weight is 221 g/mol. The molecule has 1 aromatic carbocycles. The molecular formula is C13H19NO2. The molecule has 0 saturated heterocycles. The van der Waals surface area contributed by atoms with Crippen LogP contribution in [-0.2, 0) is 6.61 Å². The minimum atomic E-state index is 0.0861. The van der Waals surface area contributed by atoms with Gasteiger partial charge < -0.3 is 14.7 Å². The highest BCUT2D eigenvalue weighted by molar-refractivity contribution is 5.61. The standard InChI is InChI=1S/C13H19NO2/c1-10(2)8-14-5-6-16-13-4-3-11(9-15)7-12(13)14/h3-4,7,10,15H,5-6,8-9H2,1-2H3. The number of rotatable bonds is 3. The summed E-state index contributed by atoms with van der Waals surface area (Å²) >= 11 is 0. The molecule has 0 atom stereocenters. The molecule has 1 aliphatic rings. The third-order valence-corrected chi connectivity index (χ3v) is 2.75. The van der Waals surface area contributed by atoms with Crippen LogP contribution in [-0.4, -0.2) is 24.8 Å². The van der Waals surface area contributed by atoms with Crippen molar-refractivity contribution in [3.63, 3.8) is 0 Å². The summed E-state index contributed by atoms with van der Waals surface area (Å²) in [4.78, 5) is 2.34. The summed E-state index contributed by atoms with van der Waals surface area (Å²) in [5.74, 6) is 1.56. The maximum absolute atomic E-state index is 9.15. The maximum Gasteiger partial charge on any atom is 0.142 e. The molecule has 88 valence electrons. The summed E-state index contributed by atoms with van der Waals surface area (Å²) in [5.41, 5.74) is 2.06. The van der Waals surface area contributed by atoms with Crippen molar-refractivity contribution in [3.05, 3.63) is 23.8 Å². The summed E-state index contributed by atoms with van der Waals surface area (Å²) in [6.45, 7) is 7.22. The Bertz CT molecular complexity index is 363. The maximum atomic E-state index is 9.15. The van der Waals surface area contributed by atoms with Crippen molar-refractivity contribution in [2.24, 2.45) is 5.92 Å². The third kappa shape index (κ3) is 2.30. The fourth-order valence-corrected chi connectivity index (χ4v) is 2.05. The van der Waals surface area contributed by atoms with Crippen LogP contribution in [0.25, 0.3) is 0 Å². The second-order valence-electron chi connectivity index (χ2n) is 4.65. The number of ether oxygens (including phenoxy) is 1. The van der Waals surface area contributed by atoms with E-state index >= 15 is 0 Å². The molecule has 0 unspecified atom stereocenters. The Morgan fingerprint density at radius 3 is 2.94 bits per heavy atom. The van der Waals surface area contributed by atoms with Gasteiger partial charge in [0.1, 0.15) is 12.4 Å². The lowest BCUT2D eigenvalue weighted by molar-refractivity contribution is 0.280. The molecule has 0 aromatic heterocycles. The van der Waals surface area contributed by atoms with Gasteiger partial charge in [-0.05, 0) is 23.6 Å². The van der Waals surface area contributed by atoms with Gasteiger partial charge in [-0.1, -0.05) is 19.9 Å². The quantitative estimate of drug-likeness (QED) is 0.847. The third-order valence-electron chi connectivity index (χ3n) is 2.75. The molecule has 0 radical (unpaired) electrons. The van der Waals surface area contributed by atoms with Crippen LogP contribution in [0.4, 0.5) is 5.69 Å². The van der Waals surface area contributed by atoms with Gasteiger partial charge in [0.25, 0.3) is 0 Å². The van der Waals surface area contributed by atoms with E-state index in [1.165, 1.54) is 0 Å². The monoisotopic (exact) mass is 221 g/mol. The predicted molar refractivity (Wildman–Crippen MR) is 64.9 cm³/mol. The van der Waals surface area contributed by atoms with Crippen LogP contribution >= 0.6 is 0 Å². The van der Waals surface area contributed by atoms with Gasteiger partial charge in [0.05, 0.1) is 18.8 Å². The fraction of sp³-hybridized carbons (Fsp3) is 0.538. The van der Waals surface area contributed by atoms with Gasteiger partial charge in [0.15, 0.2) is 0 Å². The number of anilines is 1. The number of aliphatic hydroxyl groups is 1. The fourth-order valence-electron chi connectivity index (χ4n) is 2.05. The van der Waals surface area contributed by atoms with E-state index in [4.69, 9.17) is 9.84 Å². The highest BCUT2D eigenvalue weighted by Crippen LogP contribution is 2.32. The van der Waals surface area contributed by atoms with Crippen LogP contribution in [0.1, 0.15) is 19.4 Å². The summed E-state index contributed by atoms with van der Waals surface area (Å²) in [5, 5.41) is 9.15. The SMILES string of the molecule is CC(C)CN1CCOc2ccc(CO)cc21. The van der Waals surface area contributed by atoms with Crippen LogP contribution in [0.5, 0.6) is 5.75 Å². The van der Waals surface area contributed by atoms with E-state index in [1.54, 1.807) is 0 Å². The lowest BCUT2D eigenvalue weighted by Crippen LogP contribution is -2.35. The van der Waals surface area contributed by atoms with E-state index < -0.39 is 0 Å². The highest BCUT2D eigenvalue weighted by Gasteiger charge is 2.18. The second-order valence-corrected chi connectivity index (χ2v) is 4.65. The Morgan fingerprint density at radius 1 is 1.44 bits per heavy atom. The highest BCUT2D eigenvalue weighted by atomic mass is 16.5. The predicted octanol–water partition coefficient (Wildman–Crippen LogP) is 2.03. The zero-order chi connectivity index (χ0) is 11.5. The molecule has 0 bridgehead atoms. The Hall–Kier alpha value is -1.22. The lowest BCUT2D eigenvalue weighted by atomic mass is 10.1. The van der Waals surface area contributed by atoms with E-state index in [9.17, 15) is 0 Å². The molecule has 1 N–H and O–H groups in total. The van der Waals surface area contributed by atoms with Crippen molar-refractivity contribution in [1.82, 2.24) is 0 Å². The number of aliphatic hydroxyl groups excluding tert-OH is 1. The van der Waals surface area contributed by atoms with Crippen LogP contribution in [0.2, 0.25) is 0 Å². The molecule has 3 nitrogen and oxygen atoms in total. The van der Waals surface area contributed by atoms with Gasteiger partial charge in [-0.3, -0.25) is 0 Å². The lowest BCUT2D eigenvalue weighted by Gasteiger charge is -2.32. The Balaban J connectivity index is 2.28. The first-order chi connectivity index (χ1) is 7.70. The first kappa shape index (κ1) is 11.3. The molecule has 3 heteroatoms. The number of benzene rings is 1. The second kappa shape index (κ2) is 4.74. The zero-order valence-corrected chi connectivity index (χ0v) is 9.94. The van der Waals surface area contributed by atoms with E-state index in [0.29, 0.717) is 5.92 Å². The molecule has 1 aromatic rings. The summed E-state index contributed by atoms with van der Waals surface area (Å²) in [6, 6.07) is 5.89. The Kier molecular flexibility index (Phi) is 3.34. The first-order valence-electron chi connectivity index (χ1n) is 5.82. The van der Waals surface area contributed by atoms with Crippen molar-refractivity contribution in [2.45, 2.75) is 20.5 Å². The summed E-state index contributed by atoms with van der Waals surface area (Å²) < 4.78 is 5.61. The molecule has 0 saturated carbocycles. The van der Waals surface area contributed by atoms with Gasteiger partial charge in [-0.25, -0.2) is 0 Å². The number of fused-ring (bicyclic) bond motifs is 1. The first-order valence-corrected chi connectivity index (χ1v) is 5.82. The molecule has 1 heterocycles. The topological polar surface area (TPSA) is 32.7 Å². The molecule has 0 spiro atoms. The van der Waals surface area contributed by atoms with Gasteiger partial charge in [-0.15, -0.1) is 0 Å². The van der Waals surface area contributed by atoms with Crippen molar-refractivity contribution in [1.29, 1.82) is 0 Å². The molecule has 0 fully saturated rings. The van der Waals surface area contributed by atoms with E-state index in [1.807, 2.05) is 18.2 Å². The van der Waals surface area contributed by atoms with Crippen LogP contribution in [0.3, 0.4) is 0 Å². The van der Waals surface area contributed by atoms with E-state index in [0.717, 1.165) is 36.7 Å². The molecule has 0 amide bonds. The normalized spacial score (nSPS) is 14.9. The van der Waals surface area contributed by atoms with E-state index in [-0.39, 0.29) is 6.61 Å². The van der Waals surface area contributed by atoms with Crippen molar-refractivity contribution in [3.8, 4) is 5.75 Å². The van der Waals surface area contributed by atoms with Crippen LogP contribution in [0.15, 0.2) is 18.2 Å². The van der Waals surface area contributed by atoms with Crippen LogP contribution in [0, 0.1) is 5.92 Å². The van der Waals surface area contributed by atoms with Gasteiger partial charge in [0.2, 0.25) is 0 Å². The van der Waals surface area contributed by atoms with Crippen molar-refractivity contribution in [2.75, 3.05) is 24.6 Å². The Labute approximate surface area is 96.6 Å². The number of hydrogen-bond donors (Lipinski definition) is 1. The molecule has 2 rings (SSSR count). The van der Waals surface area contributed by atoms with Gasteiger partial charge >= 0.3 is 0 Å². The van der Waals surface area contributed by atoms with Gasteiger partial charge in [0, 0.05) is 6.54 Å². The molecule has 0 aliphatic carbocycles. The molecule has 1 aliphatic heterocycles. The smallest absolute Gasteiger partial charge is 0.142 e. The Morgan fingerprint density at radius 2 is 2.25 bits per heavy atom. The summed E-state index contributed by atoms with van der Waals surface area (Å²) in [7, 11) is 0. The molecular weight excluding hydrogens is 202 g/mol. The van der Waals surface area contributed by atoms with E-state index in [2.05, 4.69) is 18.7 Å². The number of hydrogen-bond acceptors (Lipinski definition) is 3. The minimum absolute atomic E-state index is 0.0861. The average Bonchev–Trinajstić information content (AvgIpc) is 2.28. The van der Waals surface area contributed by atoms with Gasteiger partial charge in [-0.2, -0.15) is 0 Å². The van der Waals surface area contributed by atoms with Crippen LogP contribution < -0.4 is 9.64 Å². The largest absolute Gasteiger partial charge is 0.490 e. The zero-order valence-electron chi connectivity index (χ0n) is 9.94. The minimum Gasteiger partial charge on any atom is -0.490 e. The summed E-state index contributed by atoms with van der Waals surface area (Å²) in [6.07, 6.45) is 0.